The van der Waals surface area contributed by atoms with Crippen LogP contribution in [-0.2, 0) is 34.4 Å². The van der Waals surface area contributed by atoms with E-state index in [-0.39, 0.29) is 42.0 Å². The Hall–Kier alpha value is -4.22. The van der Waals surface area contributed by atoms with Gasteiger partial charge >= 0.3 is 0 Å². The molecule has 228 valence electrons. The average Bonchev–Trinajstić information content (AvgIpc) is 3.27. The van der Waals surface area contributed by atoms with Crippen molar-refractivity contribution in [3.63, 3.8) is 0 Å². The number of amides is 1. The van der Waals surface area contributed by atoms with Crippen LogP contribution in [-0.4, -0.2) is 42.8 Å². The number of benzene rings is 3. The normalized spacial score (nSPS) is 15.1. The number of aromatic nitrogens is 1. The van der Waals surface area contributed by atoms with Crippen molar-refractivity contribution in [2.75, 3.05) is 17.8 Å². The van der Waals surface area contributed by atoms with Gasteiger partial charge in [-0.2, -0.15) is 0 Å². The SMILES string of the molecule is Cl.N=C(N)N1CCC[C@@H](Cn2c(NS(=O)(=O)c3ccc(OCc4ccccc4)cc3)c(CCC(N)=O)c3ccccc32)C1. The Morgan fingerprint density at radius 2 is 1.70 bits per heavy atom. The minimum atomic E-state index is -4.00. The van der Waals surface area contributed by atoms with Crippen LogP contribution in [0, 0.1) is 11.3 Å². The minimum absolute atomic E-state index is 0. The molecule has 5 rings (SSSR count). The van der Waals surface area contributed by atoms with Crippen LogP contribution in [0.5, 0.6) is 5.75 Å². The molecule has 0 unspecified atom stereocenters. The maximum atomic E-state index is 13.7. The van der Waals surface area contributed by atoms with Gasteiger partial charge in [0.2, 0.25) is 5.91 Å². The predicted molar refractivity (Wildman–Crippen MR) is 171 cm³/mol. The number of ether oxygens (including phenoxy) is 1. The van der Waals surface area contributed by atoms with Crippen molar-refractivity contribution in [1.29, 1.82) is 5.41 Å². The molecule has 6 N–H and O–H groups in total. The van der Waals surface area contributed by atoms with Gasteiger partial charge in [-0.25, -0.2) is 8.42 Å². The molecule has 12 heteroatoms. The van der Waals surface area contributed by atoms with Crippen molar-refractivity contribution in [1.82, 2.24) is 9.47 Å². The Morgan fingerprint density at radius 3 is 2.40 bits per heavy atom. The first-order chi connectivity index (χ1) is 20.2. The van der Waals surface area contributed by atoms with Crippen LogP contribution >= 0.6 is 12.4 Å². The molecule has 0 radical (unpaired) electrons. The topological polar surface area (TPSA) is 157 Å². The highest BCUT2D eigenvalue weighted by Gasteiger charge is 2.27. The lowest BCUT2D eigenvalue weighted by Crippen LogP contribution is -2.44. The molecule has 0 saturated carbocycles. The summed E-state index contributed by atoms with van der Waals surface area (Å²) >= 11 is 0. The number of guanidine groups is 1. The van der Waals surface area contributed by atoms with Gasteiger partial charge in [0.05, 0.1) is 4.90 Å². The highest BCUT2D eigenvalue weighted by molar-refractivity contribution is 7.92. The van der Waals surface area contributed by atoms with Crippen LogP contribution in [0.15, 0.2) is 83.8 Å². The summed E-state index contributed by atoms with van der Waals surface area (Å²) in [4.78, 5) is 13.7. The molecular weight excluding hydrogens is 588 g/mol. The Balaban J connectivity index is 0.00000423. The zero-order valence-corrected chi connectivity index (χ0v) is 25.4. The molecule has 3 aromatic carbocycles. The molecule has 1 atom stereocenters. The van der Waals surface area contributed by atoms with Gasteiger partial charge in [-0.3, -0.25) is 14.9 Å². The molecule has 0 aliphatic carbocycles. The number of nitrogens with one attached hydrogen (secondary N) is 2. The summed E-state index contributed by atoms with van der Waals surface area (Å²) < 4.78 is 38.1. The number of hydrogen-bond acceptors (Lipinski definition) is 5. The van der Waals surface area contributed by atoms with Gasteiger partial charge in [-0.1, -0.05) is 48.5 Å². The first-order valence-electron chi connectivity index (χ1n) is 14.0. The molecular formula is C31H37ClN6O4S. The number of carbonyl (C=O) groups excluding carboxylic acids is 1. The number of halogens is 1. The summed E-state index contributed by atoms with van der Waals surface area (Å²) in [5.74, 6) is 0.697. The standard InChI is InChI=1S/C31H36N6O4S.ClH/c32-29(38)17-16-27-26-10-4-5-11-28(26)37(20-23-9-6-18-36(19-23)31(33)34)30(27)35-42(39,40)25-14-12-24(13-15-25)41-21-22-7-2-1-3-8-22;/h1-5,7-8,10-15,23,35H,6,9,16-21H2,(H2,32,38)(H3,33,34);1H/t23-;/m1./s1. The molecule has 43 heavy (non-hydrogen) atoms. The number of hydrogen-bond donors (Lipinski definition) is 4. The second-order valence-corrected chi connectivity index (χ2v) is 12.3. The number of nitrogens with two attached hydrogens (primary N) is 2. The van der Waals surface area contributed by atoms with E-state index in [9.17, 15) is 13.2 Å². The summed E-state index contributed by atoms with van der Waals surface area (Å²) in [7, 11) is -4.00. The van der Waals surface area contributed by atoms with Crippen molar-refractivity contribution >= 4 is 51.0 Å². The van der Waals surface area contributed by atoms with Gasteiger partial charge in [-0.15, -0.1) is 12.4 Å². The number of rotatable bonds is 11. The van der Waals surface area contributed by atoms with Gasteiger partial charge in [-0.05, 0) is 61.1 Å². The number of anilines is 1. The monoisotopic (exact) mass is 624 g/mol. The zero-order valence-electron chi connectivity index (χ0n) is 23.7. The Labute approximate surface area is 258 Å². The van der Waals surface area contributed by atoms with Crippen molar-refractivity contribution in [3.8, 4) is 5.75 Å². The van der Waals surface area contributed by atoms with Crippen molar-refractivity contribution in [2.45, 2.75) is 43.7 Å². The van der Waals surface area contributed by atoms with E-state index in [1.807, 2.05) is 64.1 Å². The maximum Gasteiger partial charge on any atom is 0.263 e. The number of primary amides is 1. The summed E-state index contributed by atoms with van der Waals surface area (Å²) in [6.07, 6.45) is 2.18. The molecule has 1 amide bonds. The van der Waals surface area contributed by atoms with E-state index in [0.717, 1.165) is 41.4 Å². The second-order valence-electron chi connectivity index (χ2n) is 10.6. The number of para-hydroxylation sites is 1. The first-order valence-corrected chi connectivity index (χ1v) is 15.5. The molecule has 0 bridgehead atoms. The highest BCUT2D eigenvalue weighted by Crippen LogP contribution is 2.35. The van der Waals surface area contributed by atoms with E-state index in [2.05, 4.69) is 4.72 Å². The number of aryl methyl sites for hydroxylation is 1. The average molecular weight is 625 g/mol. The fraction of sp³-hybridized carbons (Fsp3) is 0.290. The highest BCUT2D eigenvalue weighted by atomic mass is 35.5. The molecule has 10 nitrogen and oxygen atoms in total. The van der Waals surface area contributed by atoms with Crippen LogP contribution in [0.1, 0.15) is 30.4 Å². The summed E-state index contributed by atoms with van der Waals surface area (Å²) in [6.45, 7) is 2.23. The first kappa shape index (κ1) is 31.7. The zero-order chi connectivity index (χ0) is 29.7. The van der Waals surface area contributed by atoms with E-state index >= 15 is 0 Å². The lowest BCUT2D eigenvalue weighted by atomic mass is 9.98. The van der Waals surface area contributed by atoms with Gasteiger partial charge in [0.1, 0.15) is 18.2 Å². The molecule has 1 fully saturated rings. The maximum absolute atomic E-state index is 13.7. The largest absolute Gasteiger partial charge is 0.489 e. The Morgan fingerprint density at radius 1 is 1.00 bits per heavy atom. The van der Waals surface area contributed by atoms with E-state index in [1.54, 1.807) is 12.1 Å². The molecule has 1 aliphatic heterocycles. The molecule has 1 aliphatic rings. The summed E-state index contributed by atoms with van der Waals surface area (Å²) in [5, 5.41) is 8.74. The molecule has 1 aromatic heterocycles. The lowest BCUT2D eigenvalue weighted by Gasteiger charge is -2.33. The van der Waals surface area contributed by atoms with Gasteiger partial charge in [0, 0.05) is 42.5 Å². The van der Waals surface area contributed by atoms with Crippen LogP contribution in [0.2, 0.25) is 0 Å². The summed E-state index contributed by atoms with van der Waals surface area (Å²) in [6, 6.07) is 23.7. The van der Waals surface area contributed by atoms with Crippen molar-refractivity contribution in [3.05, 3.63) is 90.0 Å². The molecule has 2 heterocycles. The number of fused-ring (bicyclic) bond motifs is 1. The van der Waals surface area contributed by atoms with E-state index in [4.69, 9.17) is 21.6 Å². The van der Waals surface area contributed by atoms with Gasteiger partial charge in [0.15, 0.2) is 5.96 Å². The minimum Gasteiger partial charge on any atom is -0.489 e. The number of likely N-dealkylation sites (tertiary alicyclic amines) is 1. The quantitative estimate of drug-likeness (QED) is 0.142. The fourth-order valence-electron chi connectivity index (χ4n) is 5.52. The number of carbonyl (C=O) groups is 1. The third-order valence-electron chi connectivity index (χ3n) is 7.61. The van der Waals surface area contributed by atoms with E-state index in [0.29, 0.717) is 31.3 Å². The van der Waals surface area contributed by atoms with Gasteiger partial charge < -0.3 is 25.7 Å². The Bertz CT molecular complexity index is 1680. The smallest absolute Gasteiger partial charge is 0.263 e. The number of nitrogens with zero attached hydrogens (tertiary/aromatic N) is 2. The molecule has 1 saturated heterocycles. The van der Waals surface area contributed by atoms with Crippen LogP contribution in [0.4, 0.5) is 5.82 Å². The van der Waals surface area contributed by atoms with Gasteiger partial charge in [0.25, 0.3) is 10.0 Å². The Kier molecular flexibility index (Phi) is 10.2. The third kappa shape index (κ3) is 7.60. The molecule has 0 spiro atoms. The van der Waals surface area contributed by atoms with E-state index in [1.165, 1.54) is 12.1 Å². The third-order valence-corrected chi connectivity index (χ3v) is 8.97. The second kappa shape index (κ2) is 13.8. The van der Waals surface area contributed by atoms with Crippen LogP contribution < -0.4 is 20.9 Å². The lowest BCUT2D eigenvalue weighted by molar-refractivity contribution is -0.117. The molecule has 4 aromatic rings. The predicted octanol–water partition coefficient (Wildman–Crippen LogP) is 4.47. The summed E-state index contributed by atoms with van der Waals surface area (Å²) in [5.41, 5.74) is 13.9. The van der Waals surface area contributed by atoms with Crippen LogP contribution in [0.3, 0.4) is 0 Å². The fourth-order valence-corrected chi connectivity index (χ4v) is 6.62. The van der Waals surface area contributed by atoms with Crippen molar-refractivity contribution in [2.24, 2.45) is 17.4 Å². The number of sulfonamides is 1. The van der Waals surface area contributed by atoms with Crippen molar-refractivity contribution < 1.29 is 17.9 Å². The van der Waals surface area contributed by atoms with Crippen LogP contribution in [0.25, 0.3) is 10.9 Å². The van der Waals surface area contributed by atoms with E-state index < -0.39 is 15.9 Å². The number of piperidine rings is 1.